The monoisotopic (exact) mass is 291 g/mol. The standard InChI is InChI=1S/C13H16F3NO3/c1-9(20-8-13(14,15)16)12(19)17-11(7-18)10-5-3-2-4-6-10/h2-6,9,11,18H,7-8H2,1H3,(H,17,19). The largest absolute Gasteiger partial charge is 0.411 e. The van der Waals surface area contributed by atoms with Crippen LogP contribution >= 0.6 is 0 Å². The Morgan fingerprint density at radius 1 is 1.35 bits per heavy atom. The smallest absolute Gasteiger partial charge is 0.394 e. The topological polar surface area (TPSA) is 58.6 Å². The molecule has 2 atom stereocenters. The lowest BCUT2D eigenvalue weighted by molar-refractivity contribution is -0.185. The van der Waals surface area contributed by atoms with Crippen LogP contribution in [0.3, 0.4) is 0 Å². The summed E-state index contributed by atoms with van der Waals surface area (Å²) in [5.41, 5.74) is 0.659. The molecular weight excluding hydrogens is 275 g/mol. The Morgan fingerprint density at radius 3 is 2.45 bits per heavy atom. The molecule has 7 heteroatoms. The molecule has 1 rings (SSSR count). The van der Waals surface area contributed by atoms with Crippen LogP contribution in [0.2, 0.25) is 0 Å². The lowest BCUT2D eigenvalue weighted by atomic mass is 10.1. The van der Waals surface area contributed by atoms with E-state index in [4.69, 9.17) is 0 Å². The number of ether oxygens (including phenoxy) is 1. The van der Waals surface area contributed by atoms with Gasteiger partial charge in [0.15, 0.2) is 0 Å². The van der Waals surface area contributed by atoms with Gasteiger partial charge in [-0.05, 0) is 12.5 Å². The van der Waals surface area contributed by atoms with E-state index in [1.807, 2.05) is 0 Å². The zero-order valence-electron chi connectivity index (χ0n) is 10.9. The van der Waals surface area contributed by atoms with Crippen LogP contribution in [0.25, 0.3) is 0 Å². The second-order valence-corrected chi connectivity index (χ2v) is 4.22. The highest BCUT2D eigenvalue weighted by molar-refractivity contribution is 5.80. The van der Waals surface area contributed by atoms with Gasteiger partial charge in [-0.25, -0.2) is 0 Å². The van der Waals surface area contributed by atoms with E-state index < -0.39 is 30.8 Å². The lowest BCUT2D eigenvalue weighted by Gasteiger charge is -2.20. The van der Waals surface area contributed by atoms with E-state index in [0.717, 1.165) is 0 Å². The second-order valence-electron chi connectivity index (χ2n) is 4.22. The fourth-order valence-electron chi connectivity index (χ4n) is 1.50. The minimum Gasteiger partial charge on any atom is -0.394 e. The predicted molar refractivity (Wildman–Crippen MR) is 65.9 cm³/mol. The van der Waals surface area contributed by atoms with Crippen molar-refractivity contribution in [1.82, 2.24) is 5.32 Å². The zero-order chi connectivity index (χ0) is 15.2. The molecule has 2 unspecified atom stereocenters. The Bertz CT molecular complexity index is 423. The number of halogens is 3. The number of hydrogen-bond donors (Lipinski definition) is 2. The van der Waals surface area contributed by atoms with Crippen LogP contribution in [0, 0.1) is 0 Å². The highest BCUT2D eigenvalue weighted by Crippen LogP contribution is 2.16. The Kier molecular flexibility index (Phi) is 5.97. The number of amides is 1. The van der Waals surface area contributed by atoms with Gasteiger partial charge >= 0.3 is 6.18 Å². The Labute approximate surface area is 114 Å². The van der Waals surface area contributed by atoms with Crippen LogP contribution in [-0.4, -0.2) is 36.5 Å². The van der Waals surface area contributed by atoms with E-state index in [1.165, 1.54) is 6.92 Å². The van der Waals surface area contributed by atoms with Gasteiger partial charge in [-0.15, -0.1) is 0 Å². The van der Waals surface area contributed by atoms with Gasteiger partial charge in [0.25, 0.3) is 0 Å². The molecule has 0 bridgehead atoms. The van der Waals surface area contributed by atoms with Crippen molar-refractivity contribution in [2.75, 3.05) is 13.2 Å². The van der Waals surface area contributed by atoms with Crippen molar-refractivity contribution in [2.24, 2.45) is 0 Å². The van der Waals surface area contributed by atoms with E-state index in [1.54, 1.807) is 30.3 Å². The number of benzene rings is 1. The second kappa shape index (κ2) is 7.25. The molecule has 0 aromatic heterocycles. The van der Waals surface area contributed by atoms with Crippen molar-refractivity contribution in [1.29, 1.82) is 0 Å². The van der Waals surface area contributed by atoms with Gasteiger partial charge in [-0.2, -0.15) is 13.2 Å². The molecule has 1 aromatic carbocycles. The first-order valence-corrected chi connectivity index (χ1v) is 5.98. The van der Waals surface area contributed by atoms with E-state index in [9.17, 15) is 23.1 Å². The number of alkyl halides is 3. The Balaban J connectivity index is 2.55. The van der Waals surface area contributed by atoms with Crippen molar-refractivity contribution in [3.05, 3.63) is 35.9 Å². The zero-order valence-corrected chi connectivity index (χ0v) is 10.9. The minimum atomic E-state index is -4.48. The summed E-state index contributed by atoms with van der Waals surface area (Å²) in [6, 6.07) is 7.95. The summed E-state index contributed by atoms with van der Waals surface area (Å²) in [5, 5.41) is 11.7. The summed E-state index contributed by atoms with van der Waals surface area (Å²) in [5.74, 6) is -0.711. The maximum atomic E-state index is 12.0. The Morgan fingerprint density at radius 2 is 1.95 bits per heavy atom. The van der Waals surface area contributed by atoms with Crippen LogP contribution in [0.4, 0.5) is 13.2 Å². The molecule has 2 N–H and O–H groups in total. The highest BCUT2D eigenvalue weighted by Gasteiger charge is 2.30. The molecule has 0 aliphatic rings. The van der Waals surface area contributed by atoms with E-state index in [-0.39, 0.29) is 6.61 Å². The molecule has 1 amide bonds. The van der Waals surface area contributed by atoms with Crippen molar-refractivity contribution in [2.45, 2.75) is 25.2 Å². The fraction of sp³-hybridized carbons (Fsp3) is 0.462. The van der Waals surface area contributed by atoms with Crippen molar-refractivity contribution in [3.63, 3.8) is 0 Å². The third-order valence-electron chi connectivity index (χ3n) is 2.57. The van der Waals surface area contributed by atoms with Crippen molar-refractivity contribution in [3.8, 4) is 0 Å². The fourth-order valence-corrected chi connectivity index (χ4v) is 1.50. The molecule has 0 saturated carbocycles. The molecule has 0 radical (unpaired) electrons. The van der Waals surface area contributed by atoms with E-state index in [2.05, 4.69) is 10.1 Å². The molecule has 0 saturated heterocycles. The van der Waals surface area contributed by atoms with Gasteiger partial charge in [0, 0.05) is 0 Å². The molecule has 0 fully saturated rings. The summed E-state index contributed by atoms with van der Waals surface area (Å²) in [4.78, 5) is 11.7. The van der Waals surface area contributed by atoms with Crippen LogP contribution < -0.4 is 5.32 Å². The highest BCUT2D eigenvalue weighted by atomic mass is 19.4. The molecule has 20 heavy (non-hydrogen) atoms. The summed E-state index contributed by atoms with van der Waals surface area (Å²) in [7, 11) is 0. The minimum absolute atomic E-state index is 0.359. The van der Waals surface area contributed by atoms with E-state index in [0.29, 0.717) is 5.56 Å². The first-order valence-electron chi connectivity index (χ1n) is 5.98. The van der Waals surface area contributed by atoms with Crippen LogP contribution in [-0.2, 0) is 9.53 Å². The quantitative estimate of drug-likeness (QED) is 0.840. The van der Waals surface area contributed by atoms with Crippen molar-refractivity contribution >= 4 is 5.91 Å². The Hall–Kier alpha value is -1.60. The SMILES string of the molecule is CC(OCC(F)(F)F)C(=O)NC(CO)c1ccccc1. The maximum Gasteiger partial charge on any atom is 0.411 e. The molecule has 0 spiro atoms. The number of carbonyl (C=O) groups is 1. The van der Waals surface area contributed by atoms with Gasteiger partial charge in [-0.1, -0.05) is 30.3 Å². The van der Waals surface area contributed by atoms with Gasteiger partial charge in [0.05, 0.1) is 12.6 Å². The average molecular weight is 291 g/mol. The molecular formula is C13H16F3NO3. The van der Waals surface area contributed by atoms with Gasteiger partial charge < -0.3 is 15.2 Å². The van der Waals surface area contributed by atoms with E-state index >= 15 is 0 Å². The van der Waals surface area contributed by atoms with Crippen LogP contribution in [0.5, 0.6) is 0 Å². The van der Waals surface area contributed by atoms with Crippen LogP contribution in [0.1, 0.15) is 18.5 Å². The molecule has 4 nitrogen and oxygen atoms in total. The normalized spacial score (nSPS) is 14.7. The first kappa shape index (κ1) is 16.5. The summed E-state index contributed by atoms with van der Waals surface area (Å²) in [6.07, 6.45) is -5.74. The molecule has 0 aliphatic heterocycles. The first-order chi connectivity index (χ1) is 9.33. The molecule has 0 heterocycles. The number of aliphatic hydroxyl groups is 1. The summed E-state index contributed by atoms with van der Waals surface area (Å²) < 4.78 is 40.4. The summed E-state index contributed by atoms with van der Waals surface area (Å²) in [6.45, 7) is -0.626. The van der Waals surface area contributed by atoms with Gasteiger partial charge in [0.1, 0.15) is 12.7 Å². The third-order valence-corrected chi connectivity index (χ3v) is 2.57. The molecule has 0 aliphatic carbocycles. The molecule has 112 valence electrons. The number of nitrogens with one attached hydrogen (secondary N) is 1. The van der Waals surface area contributed by atoms with Crippen molar-refractivity contribution < 1.29 is 27.8 Å². The average Bonchev–Trinajstić information content (AvgIpc) is 2.42. The third kappa shape index (κ3) is 5.58. The number of carbonyl (C=O) groups excluding carboxylic acids is 1. The van der Waals surface area contributed by atoms with Gasteiger partial charge in [-0.3, -0.25) is 4.79 Å². The lowest BCUT2D eigenvalue weighted by Crippen LogP contribution is -2.39. The summed E-state index contributed by atoms with van der Waals surface area (Å²) >= 11 is 0. The number of aliphatic hydroxyl groups excluding tert-OH is 1. The number of rotatable bonds is 6. The molecule has 1 aromatic rings. The van der Waals surface area contributed by atoms with Gasteiger partial charge in [0.2, 0.25) is 5.91 Å². The predicted octanol–water partition coefficient (Wildman–Crippen LogP) is 1.80. The number of hydrogen-bond acceptors (Lipinski definition) is 3. The maximum absolute atomic E-state index is 12.0. The van der Waals surface area contributed by atoms with Crippen LogP contribution in [0.15, 0.2) is 30.3 Å².